The van der Waals surface area contributed by atoms with Crippen molar-refractivity contribution in [2.45, 2.75) is 25.0 Å². The van der Waals surface area contributed by atoms with Crippen LogP contribution in [0.25, 0.3) is 4.96 Å². The van der Waals surface area contributed by atoms with Crippen LogP contribution in [0.2, 0.25) is 0 Å². The summed E-state index contributed by atoms with van der Waals surface area (Å²) in [6, 6.07) is 7.39. The standard InChI is InChI=1S/C20H21N3O4S2/c1-20(2,13-3-4-15-16(7-13)27-12-26-15)11-21-17(24)10-28-9-14-8-18(25)23-5-6-29-19(23)22-14/h3-8H,9-12H2,1-2H3,(H,21,24). The van der Waals surface area contributed by atoms with Crippen LogP contribution in [0.1, 0.15) is 25.1 Å². The van der Waals surface area contributed by atoms with E-state index in [2.05, 4.69) is 24.1 Å². The number of thiazole rings is 1. The third kappa shape index (κ3) is 4.40. The minimum atomic E-state index is -0.248. The van der Waals surface area contributed by atoms with Gasteiger partial charge in [0.05, 0.1) is 11.4 Å². The van der Waals surface area contributed by atoms with E-state index in [1.54, 1.807) is 6.20 Å². The molecule has 0 spiro atoms. The fraction of sp³-hybridized carbons (Fsp3) is 0.350. The number of hydrogen-bond donors (Lipinski definition) is 1. The minimum absolute atomic E-state index is 0.0438. The van der Waals surface area contributed by atoms with E-state index in [4.69, 9.17) is 9.47 Å². The van der Waals surface area contributed by atoms with Crippen LogP contribution < -0.4 is 20.3 Å². The Labute approximate surface area is 176 Å². The predicted octanol–water partition coefficient (Wildman–Crippen LogP) is 2.81. The van der Waals surface area contributed by atoms with Crippen molar-refractivity contribution in [3.8, 4) is 11.5 Å². The molecule has 1 aromatic carbocycles. The van der Waals surface area contributed by atoms with Crippen LogP contribution >= 0.6 is 23.1 Å². The van der Waals surface area contributed by atoms with E-state index in [1.165, 1.54) is 33.6 Å². The van der Waals surface area contributed by atoms with E-state index >= 15 is 0 Å². The summed E-state index contributed by atoms with van der Waals surface area (Å²) in [7, 11) is 0. The second-order valence-electron chi connectivity index (χ2n) is 7.36. The smallest absolute Gasteiger partial charge is 0.258 e. The molecule has 1 N–H and O–H groups in total. The Morgan fingerprint density at radius 3 is 3.00 bits per heavy atom. The summed E-state index contributed by atoms with van der Waals surface area (Å²) in [5.74, 6) is 2.27. The van der Waals surface area contributed by atoms with Gasteiger partial charge in [-0.1, -0.05) is 19.9 Å². The van der Waals surface area contributed by atoms with Gasteiger partial charge in [-0.15, -0.1) is 23.1 Å². The van der Waals surface area contributed by atoms with E-state index < -0.39 is 0 Å². The van der Waals surface area contributed by atoms with Crippen LogP contribution in [0.3, 0.4) is 0 Å². The average Bonchev–Trinajstić information content (AvgIpc) is 3.35. The molecule has 4 rings (SSSR count). The fourth-order valence-corrected chi connectivity index (χ4v) is 4.49. The number of thioether (sulfide) groups is 1. The highest BCUT2D eigenvalue weighted by molar-refractivity contribution is 7.99. The topological polar surface area (TPSA) is 81.9 Å². The molecular formula is C20H21N3O4S2. The summed E-state index contributed by atoms with van der Waals surface area (Å²) in [6.07, 6.45) is 1.71. The van der Waals surface area contributed by atoms with Crippen molar-refractivity contribution in [2.75, 3.05) is 19.1 Å². The number of benzene rings is 1. The molecule has 2 aromatic heterocycles. The van der Waals surface area contributed by atoms with Crippen molar-refractivity contribution >= 4 is 34.0 Å². The van der Waals surface area contributed by atoms with Gasteiger partial charge < -0.3 is 14.8 Å². The Morgan fingerprint density at radius 1 is 1.31 bits per heavy atom. The van der Waals surface area contributed by atoms with Crippen LogP contribution in [0.4, 0.5) is 0 Å². The number of hydrogen-bond acceptors (Lipinski definition) is 7. The molecule has 29 heavy (non-hydrogen) atoms. The predicted molar refractivity (Wildman–Crippen MR) is 114 cm³/mol. The molecule has 0 saturated carbocycles. The van der Waals surface area contributed by atoms with Crippen LogP contribution in [0.5, 0.6) is 11.5 Å². The molecule has 0 atom stereocenters. The second kappa shape index (κ2) is 8.08. The van der Waals surface area contributed by atoms with Gasteiger partial charge in [-0.2, -0.15) is 0 Å². The number of fused-ring (bicyclic) bond motifs is 2. The lowest BCUT2D eigenvalue weighted by Gasteiger charge is -2.26. The van der Waals surface area contributed by atoms with E-state index in [0.29, 0.717) is 28.7 Å². The van der Waals surface area contributed by atoms with Gasteiger partial charge >= 0.3 is 0 Å². The third-order valence-electron chi connectivity index (χ3n) is 4.72. The lowest BCUT2D eigenvalue weighted by molar-refractivity contribution is -0.118. The number of ether oxygens (including phenoxy) is 2. The maximum absolute atomic E-state index is 12.3. The molecule has 152 valence electrons. The normalized spacial score (nSPS) is 13.0. The van der Waals surface area contributed by atoms with Crippen LogP contribution in [-0.2, 0) is 16.0 Å². The quantitative estimate of drug-likeness (QED) is 0.620. The number of rotatable bonds is 7. The van der Waals surface area contributed by atoms with E-state index in [0.717, 1.165) is 17.1 Å². The van der Waals surface area contributed by atoms with Gasteiger partial charge in [0.2, 0.25) is 12.7 Å². The zero-order valence-corrected chi connectivity index (χ0v) is 17.8. The number of carbonyl (C=O) groups excluding carboxylic acids is 1. The van der Waals surface area contributed by atoms with Crippen LogP contribution in [-0.4, -0.2) is 34.4 Å². The Balaban J connectivity index is 1.28. The van der Waals surface area contributed by atoms with Gasteiger partial charge in [-0.3, -0.25) is 14.0 Å². The lowest BCUT2D eigenvalue weighted by Crippen LogP contribution is -2.37. The molecule has 3 heterocycles. The van der Waals surface area contributed by atoms with Crippen molar-refractivity contribution in [1.82, 2.24) is 14.7 Å². The molecule has 0 fully saturated rings. The average molecular weight is 432 g/mol. The zero-order chi connectivity index (χ0) is 20.4. The molecule has 0 bridgehead atoms. The number of nitrogens with one attached hydrogen (secondary N) is 1. The minimum Gasteiger partial charge on any atom is -0.454 e. The SMILES string of the molecule is CC(C)(CNC(=O)CSCc1cc(=O)n2ccsc2n1)c1ccc2c(c1)OCO2. The van der Waals surface area contributed by atoms with Gasteiger partial charge in [-0.25, -0.2) is 4.98 Å². The maximum Gasteiger partial charge on any atom is 0.258 e. The van der Waals surface area contributed by atoms with Gasteiger partial charge in [0.1, 0.15) is 0 Å². The Bertz CT molecular complexity index is 1110. The van der Waals surface area contributed by atoms with Crippen molar-refractivity contribution < 1.29 is 14.3 Å². The number of amides is 1. The van der Waals surface area contributed by atoms with E-state index in [1.807, 2.05) is 23.6 Å². The molecule has 0 saturated heterocycles. The Morgan fingerprint density at radius 2 is 2.14 bits per heavy atom. The highest BCUT2D eigenvalue weighted by atomic mass is 32.2. The van der Waals surface area contributed by atoms with Crippen molar-refractivity contribution in [1.29, 1.82) is 0 Å². The molecule has 0 unspecified atom stereocenters. The number of carbonyl (C=O) groups is 1. The first-order chi connectivity index (χ1) is 13.9. The summed E-state index contributed by atoms with van der Waals surface area (Å²) in [5, 5.41) is 4.83. The fourth-order valence-electron chi connectivity index (χ4n) is 3.00. The molecule has 3 aromatic rings. The summed E-state index contributed by atoms with van der Waals surface area (Å²) in [5.41, 5.74) is 1.42. The van der Waals surface area contributed by atoms with Crippen molar-refractivity contribution in [3.05, 3.63) is 57.5 Å². The first-order valence-corrected chi connectivity index (χ1v) is 11.2. The van der Waals surface area contributed by atoms with Crippen LogP contribution in [0.15, 0.2) is 40.6 Å². The summed E-state index contributed by atoms with van der Waals surface area (Å²) in [6.45, 7) is 4.90. The van der Waals surface area contributed by atoms with E-state index in [9.17, 15) is 9.59 Å². The van der Waals surface area contributed by atoms with Gasteiger partial charge in [0.25, 0.3) is 5.56 Å². The van der Waals surface area contributed by atoms with Gasteiger partial charge in [0.15, 0.2) is 16.5 Å². The van der Waals surface area contributed by atoms with Crippen molar-refractivity contribution in [3.63, 3.8) is 0 Å². The number of aromatic nitrogens is 2. The zero-order valence-electron chi connectivity index (χ0n) is 16.1. The Hall–Kier alpha value is -2.52. The van der Waals surface area contributed by atoms with E-state index in [-0.39, 0.29) is 23.7 Å². The molecule has 9 heteroatoms. The molecule has 1 amide bonds. The Kier molecular flexibility index (Phi) is 5.51. The largest absolute Gasteiger partial charge is 0.454 e. The van der Waals surface area contributed by atoms with Gasteiger partial charge in [-0.05, 0) is 17.7 Å². The summed E-state index contributed by atoms with van der Waals surface area (Å²) < 4.78 is 12.3. The van der Waals surface area contributed by atoms with Crippen LogP contribution in [0, 0.1) is 0 Å². The van der Waals surface area contributed by atoms with Gasteiger partial charge in [0, 0.05) is 35.4 Å². The van der Waals surface area contributed by atoms with Crippen molar-refractivity contribution in [2.24, 2.45) is 0 Å². The first-order valence-electron chi connectivity index (χ1n) is 9.13. The third-order valence-corrected chi connectivity index (χ3v) is 6.44. The molecular weight excluding hydrogens is 410 g/mol. The molecule has 0 radical (unpaired) electrons. The maximum atomic E-state index is 12.3. The molecule has 1 aliphatic heterocycles. The summed E-state index contributed by atoms with van der Waals surface area (Å²) >= 11 is 2.86. The highest BCUT2D eigenvalue weighted by Crippen LogP contribution is 2.36. The lowest BCUT2D eigenvalue weighted by atomic mass is 9.84. The first kappa shape index (κ1) is 19.8. The molecule has 1 aliphatic rings. The summed E-state index contributed by atoms with van der Waals surface area (Å²) in [4.78, 5) is 29.4. The second-order valence-corrected chi connectivity index (χ2v) is 9.22. The number of nitrogens with zero attached hydrogens (tertiary/aromatic N) is 2. The monoisotopic (exact) mass is 431 g/mol. The molecule has 7 nitrogen and oxygen atoms in total. The molecule has 0 aliphatic carbocycles. The highest BCUT2D eigenvalue weighted by Gasteiger charge is 2.24.